The molecule has 5 heterocycles. The average Bonchev–Trinajstić information content (AvgIpc) is 3.59. The minimum atomic E-state index is -0.323. The second kappa shape index (κ2) is 9.34. The molecule has 0 radical (unpaired) electrons. The Morgan fingerprint density at radius 2 is 1.92 bits per heavy atom. The van der Waals surface area contributed by atoms with Crippen LogP contribution < -0.4 is 5.32 Å². The third-order valence-electron chi connectivity index (χ3n) is 6.60. The van der Waals surface area contributed by atoms with Crippen LogP contribution in [0.4, 0.5) is 10.1 Å². The predicted octanol–water partition coefficient (Wildman–Crippen LogP) is 4.38. The maximum Gasteiger partial charge on any atom is 0.162 e. The minimum absolute atomic E-state index is 0.323. The molecule has 6 aromatic rings. The molecule has 0 aliphatic heterocycles. The third kappa shape index (κ3) is 4.26. The highest BCUT2D eigenvalue weighted by molar-refractivity contribution is 5.95. The van der Waals surface area contributed by atoms with Crippen molar-refractivity contribution in [1.82, 2.24) is 44.6 Å². The zero-order valence-electron chi connectivity index (χ0n) is 21.5. The van der Waals surface area contributed by atoms with Crippen molar-refractivity contribution in [3.8, 4) is 34.0 Å². The van der Waals surface area contributed by atoms with E-state index < -0.39 is 0 Å². The zero-order chi connectivity index (χ0) is 26.4. The molecular weight excluding hydrogens is 483 g/mol. The quantitative estimate of drug-likeness (QED) is 0.292. The fraction of sp³-hybridized carbons (Fsp3) is 0.222. The number of hydrogen-bond donors (Lipinski definition) is 3. The molecule has 0 bridgehead atoms. The molecule has 0 unspecified atom stereocenters. The summed E-state index contributed by atoms with van der Waals surface area (Å²) in [5.41, 5.74) is 7.14. The smallest absolute Gasteiger partial charge is 0.162 e. The summed E-state index contributed by atoms with van der Waals surface area (Å²) >= 11 is 0. The Morgan fingerprint density at radius 1 is 1.05 bits per heavy atom. The second-order valence-electron chi connectivity index (χ2n) is 9.51. The van der Waals surface area contributed by atoms with Gasteiger partial charge in [0.1, 0.15) is 22.7 Å². The zero-order valence-corrected chi connectivity index (χ0v) is 21.5. The van der Waals surface area contributed by atoms with E-state index in [0.29, 0.717) is 46.0 Å². The molecule has 0 saturated heterocycles. The van der Waals surface area contributed by atoms with Gasteiger partial charge in [-0.05, 0) is 63.0 Å². The van der Waals surface area contributed by atoms with E-state index in [-0.39, 0.29) is 5.82 Å². The summed E-state index contributed by atoms with van der Waals surface area (Å²) in [5, 5.41) is 10.8. The first kappa shape index (κ1) is 23.7. The number of halogens is 1. The average molecular weight is 511 g/mol. The molecule has 0 atom stereocenters. The number of nitrogens with zero attached hydrogens (tertiary/aromatic N) is 7. The van der Waals surface area contributed by atoms with E-state index in [9.17, 15) is 4.39 Å². The highest BCUT2D eigenvalue weighted by atomic mass is 19.1. The maximum absolute atomic E-state index is 14.6. The number of aromatic amines is 2. The molecule has 1 aromatic carbocycles. The number of hydrogen-bond acceptors (Lipinski definition) is 7. The van der Waals surface area contributed by atoms with E-state index in [2.05, 4.69) is 35.4 Å². The number of fused-ring (bicyclic) bond motifs is 2. The fourth-order valence-corrected chi connectivity index (χ4v) is 4.47. The molecule has 11 heteroatoms. The van der Waals surface area contributed by atoms with Crippen LogP contribution in [0.25, 0.3) is 56.2 Å². The van der Waals surface area contributed by atoms with Gasteiger partial charge in [0, 0.05) is 37.6 Å². The van der Waals surface area contributed by atoms with Gasteiger partial charge in [-0.25, -0.2) is 24.3 Å². The first-order valence-electron chi connectivity index (χ1n) is 12.3. The van der Waals surface area contributed by atoms with Crippen LogP contribution in [-0.2, 0) is 7.05 Å². The van der Waals surface area contributed by atoms with Gasteiger partial charge < -0.3 is 19.8 Å². The summed E-state index contributed by atoms with van der Waals surface area (Å²) in [6, 6.07) is 10.7. The highest BCUT2D eigenvalue weighted by Crippen LogP contribution is 2.32. The van der Waals surface area contributed by atoms with Crippen molar-refractivity contribution in [1.29, 1.82) is 0 Å². The van der Waals surface area contributed by atoms with Crippen LogP contribution in [0, 0.1) is 12.7 Å². The predicted molar refractivity (Wildman–Crippen MR) is 146 cm³/mol. The summed E-state index contributed by atoms with van der Waals surface area (Å²) in [7, 11) is 5.96. The largest absolute Gasteiger partial charge is 0.384 e. The van der Waals surface area contributed by atoms with Crippen molar-refractivity contribution < 1.29 is 4.39 Å². The summed E-state index contributed by atoms with van der Waals surface area (Å²) in [6.07, 6.45) is 3.50. The van der Waals surface area contributed by atoms with Gasteiger partial charge in [0.05, 0.1) is 23.1 Å². The number of likely N-dealkylation sites (N-methyl/N-ethyl adjacent to an activating group) is 1. The molecule has 6 rings (SSSR count). The number of anilines is 1. The lowest BCUT2D eigenvalue weighted by molar-refractivity contribution is 0.425. The molecule has 0 aliphatic rings. The Balaban J connectivity index is 1.41. The molecule has 0 saturated carbocycles. The van der Waals surface area contributed by atoms with Crippen molar-refractivity contribution in [3.63, 3.8) is 0 Å². The van der Waals surface area contributed by atoms with E-state index >= 15 is 0 Å². The van der Waals surface area contributed by atoms with Gasteiger partial charge in [0.2, 0.25) is 0 Å². The van der Waals surface area contributed by atoms with E-state index in [1.165, 1.54) is 12.1 Å². The summed E-state index contributed by atoms with van der Waals surface area (Å²) < 4.78 is 16.6. The van der Waals surface area contributed by atoms with Crippen molar-refractivity contribution in [3.05, 3.63) is 60.4 Å². The topological polar surface area (TPSA) is 116 Å². The Bertz CT molecular complexity index is 1780. The van der Waals surface area contributed by atoms with Crippen LogP contribution in [-0.4, -0.2) is 71.8 Å². The molecule has 0 fully saturated rings. The van der Waals surface area contributed by atoms with Gasteiger partial charge in [0.25, 0.3) is 0 Å². The lowest BCUT2D eigenvalue weighted by atomic mass is 10.0. The van der Waals surface area contributed by atoms with Crippen LogP contribution in [0.3, 0.4) is 0 Å². The molecule has 0 spiro atoms. The number of benzene rings is 1. The number of rotatable bonds is 7. The molecule has 192 valence electrons. The summed E-state index contributed by atoms with van der Waals surface area (Å²) in [6.45, 7) is 3.49. The normalized spacial score (nSPS) is 11.7. The second-order valence-corrected chi connectivity index (χ2v) is 9.51. The van der Waals surface area contributed by atoms with Gasteiger partial charge in [-0.15, -0.1) is 0 Å². The standard InChI is InChI=1S/C27H27FN10/c1-15-31-14-22(38(15)4)20-5-6-21-24(32-20)25(36-35-21)27-33-23-19(7-8-30-26(23)34-27)16-11-17(28)13-18(12-16)29-9-10-37(2)3/h5-8,11-14,29H,9-10H2,1-4H3,(H,35,36)(H,30,33,34). The first-order chi connectivity index (χ1) is 18.4. The van der Waals surface area contributed by atoms with Crippen LogP contribution in [0.15, 0.2) is 48.8 Å². The van der Waals surface area contributed by atoms with Gasteiger partial charge in [0.15, 0.2) is 17.2 Å². The number of pyridine rings is 2. The summed E-state index contributed by atoms with van der Waals surface area (Å²) in [4.78, 5) is 23.9. The van der Waals surface area contributed by atoms with Crippen LogP contribution in [0.2, 0.25) is 0 Å². The van der Waals surface area contributed by atoms with Crippen molar-refractivity contribution >= 4 is 27.9 Å². The van der Waals surface area contributed by atoms with Crippen molar-refractivity contribution in [2.24, 2.45) is 7.05 Å². The Labute approximate surface area is 218 Å². The van der Waals surface area contributed by atoms with Crippen LogP contribution >= 0.6 is 0 Å². The monoisotopic (exact) mass is 510 g/mol. The fourth-order valence-electron chi connectivity index (χ4n) is 4.47. The summed E-state index contributed by atoms with van der Waals surface area (Å²) in [5.74, 6) is 1.10. The van der Waals surface area contributed by atoms with Crippen LogP contribution in [0.1, 0.15) is 5.82 Å². The van der Waals surface area contributed by atoms with Crippen molar-refractivity contribution in [2.45, 2.75) is 6.92 Å². The van der Waals surface area contributed by atoms with Gasteiger partial charge in [-0.3, -0.25) is 5.10 Å². The molecule has 3 N–H and O–H groups in total. The number of H-pyrrole nitrogens is 2. The van der Waals surface area contributed by atoms with Gasteiger partial charge >= 0.3 is 0 Å². The Kier molecular flexibility index (Phi) is 5.84. The van der Waals surface area contributed by atoms with E-state index in [1.54, 1.807) is 6.20 Å². The minimum Gasteiger partial charge on any atom is -0.384 e. The molecule has 0 aliphatic carbocycles. The van der Waals surface area contributed by atoms with E-state index in [1.807, 2.05) is 63.1 Å². The van der Waals surface area contributed by atoms with Crippen molar-refractivity contribution in [2.75, 3.05) is 32.5 Å². The lowest BCUT2D eigenvalue weighted by Gasteiger charge is -2.12. The first-order valence-corrected chi connectivity index (χ1v) is 12.3. The van der Waals surface area contributed by atoms with E-state index in [4.69, 9.17) is 9.97 Å². The highest BCUT2D eigenvalue weighted by Gasteiger charge is 2.18. The maximum atomic E-state index is 14.6. The van der Waals surface area contributed by atoms with Crippen LogP contribution in [0.5, 0.6) is 0 Å². The molecule has 0 amide bonds. The SMILES string of the molecule is Cc1ncc(-c2ccc3[nH]nc(-c4nc5c(-c6cc(F)cc(NCCN(C)C)c6)ccnc5[nH]4)c3n2)n1C. The number of aromatic nitrogens is 8. The number of nitrogens with one attached hydrogen (secondary N) is 3. The molecule has 10 nitrogen and oxygen atoms in total. The van der Waals surface area contributed by atoms with Gasteiger partial charge in [-0.1, -0.05) is 0 Å². The Morgan fingerprint density at radius 3 is 2.71 bits per heavy atom. The molecule has 5 aromatic heterocycles. The Hall–Kier alpha value is -4.64. The molecule has 38 heavy (non-hydrogen) atoms. The van der Waals surface area contributed by atoms with E-state index in [0.717, 1.165) is 34.8 Å². The number of imidazole rings is 2. The third-order valence-corrected chi connectivity index (χ3v) is 6.60. The molecular formula is C27H27FN10. The lowest BCUT2D eigenvalue weighted by Crippen LogP contribution is -2.20. The number of aryl methyl sites for hydroxylation is 1. The van der Waals surface area contributed by atoms with Gasteiger partial charge in [-0.2, -0.15) is 5.10 Å².